The molecule has 1 aromatic heterocycles. The van der Waals surface area contributed by atoms with Gasteiger partial charge in [-0.15, -0.1) is 0 Å². The van der Waals surface area contributed by atoms with Crippen molar-refractivity contribution in [3.63, 3.8) is 0 Å². The molecule has 1 N–H and O–H groups in total. The number of halogens is 1. The van der Waals surface area contributed by atoms with E-state index in [1.165, 1.54) is 11.6 Å². The number of nitrogens with zero attached hydrogens (tertiary/aromatic N) is 2. The van der Waals surface area contributed by atoms with Crippen molar-refractivity contribution in [1.82, 2.24) is 9.13 Å². The van der Waals surface area contributed by atoms with Crippen LogP contribution in [0.15, 0.2) is 14.2 Å². The molecule has 5 nitrogen and oxygen atoms in total. The second-order valence-corrected chi connectivity index (χ2v) is 3.38. The Kier molecular flexibility index (Phi) is 2.72. The first-order chi connectivity index (χ1) is 6.00. The summed E-state index contributed by atoms with van der Waals surface area (Å²) in [6.45, 7) is 0.984. The van der Waals surface area contributed by atoms with Crippen LogP contribution in [-0.4, -0.2) is 14.2 Å². The van der Waals surface area contributed by atoms with E-state index < -0.39 is 18.0 Å². The van der Waals surface area contributed by atoms with Crippen molar-refractivity contribution < 1.29 is 5.11 Å². The molecule has 6 heteroatoms. The molecule has 0 radical (unpaired) electrons. The van der Waals surface area contributed by atoms with Gasteiger partial charge in [0.1, 0.15) is 6.73 Å². The molecule has 0 aliphatic rings. The zero-order valence-electron chi connectivity index (χ0n) is 7.24. The molecule has 0 fully saturated rings. The van der Waals surface area contributed by atoms with Crippen LogP contribution in [0.25, 0.3) is 0 Å². The Balaban J connectivity index is 3.78. The van der Waals surface area contributed by atoms with Gasteiger partial charge in [-0.2, -0.15) is 0 Å². The van der Waals surface area contributed by atoms with Gasteiger partial charge in [0.2, 0.25) is 0 Å². The first kappa shape index (κ1) is 10.2. The van der Waals surface area contributed by atoms with E-state index in [-0.39, 0.29) is 0 Å². The van der Waals surface area contributed by atoms with E-state index in [4.69, 9.17) is 5.11 Å². The van der Waals surface area contributed by atoms with E-state index in [9.17, 15) is 9.59 Å². The molecule has 0 saturated heterocycles. The maximum absolute atomic E-state index is 11.4. The normalized spacial score (nSPS) is 10.5. The molecule has 1 heterocycles. The van der Waals surface area contributed by atoms with E-state index in [0.29, 0.717) is 10.2 Å². The fraction of sp³-hybridized carbons (Fsp3) is 0.429. The summed E-state index contributed by atoms with van der Waals surface area (Å²) in [5, 5.41) is 8.77. The number of hydrogen-bond acceptors (Lipinski definition) is 3. The quantitative estimate of drug-likeness (QED) is 0.687. The molecule has 1 aromatic rings. The van der Waals surface area contributed by atoms with E-state index in [0.717, 1.165) is 4.57 Å². The third-order valence-corrected chi connectivity index (χ3v) is 2.96. The molecule has 0 aliphatic carbocycles. The van der Waals surface area contributed by atoms with Crippen LogP contribution in [0.3, 0.4) is 0 Å². The lowest BCUT2D eigenvalue weighted by atomic mass is 10.4. The molecule has 0 unspecified atom stereocenters. The van der Waals surface area contributed by atoms with Crippen LogP contribution in [-0.2, 0) is 13.8 Å². The smallest absolute Gasteiger partial charge is 0.333 e. The maximum Gasteiger partial charge on any atom is 0.333 e. The predicted octanol–water partition coefficient (Wildman–Crippen LogP) is -0.432. The van der Waals surface area contributed by atoms with Gasteiger partial charge in [0, 0.05) is 12.6 Å². The highest BCUT2D eigenvalue weighted by Gasteiger charge is 2.10. The average Bonchev–Trinajstić information content (AvgIpc) is 2.13. The molecule has 0 amide bonds. The molecule has 72 valence electrons. The van der Waals surface area contributed by atoms with Crippen molar-refractivity contribution in [1.29, 1.82) is 0 Å². The molecular weight excluding hydrogens is 240 g/mol. The Bertz CT molecular complexity index is 409. The zero-order chi connectivity index (χ0) is 10.2. The second kappa shape index (κ2) is 3.47. The SMILES string of the molecule is Cc1c(Br)n(C)c(=O)n(CO)c1=O. The minimum absolute atomic E-state index is 0.399. The minimum Gasteiger partial charge on any atom is -0.376 e. The lowest BCUT2D eigenvalue weighted by molar-refractivity contribution is 0.197. The molecule has 0 aromatic carbocycles. The fourth-order valence-electron chi connectivity index (χ4n) is 1.02. The van der Waals surface area contributed by atoms with Gasteiger partial charge in [0.05, 0.1) is 4.60 Å². The van der Waals surface area contributed by atoms with Crippen LogP contribution >= 0.6 is 15.9 Å². The Labute approximate surface area is 82.4 Å². The Morgan fingerprint density at radius 2 is 2.00 bits per heavy atom. The first-order valence-corrected chi connectivity index (χ1v) is 4.36. The van der Waals surface area contributed by atoms with Crippen molar-refractivity contribution in [2.75, 3.05) is 0 Å². The van der Waals surface area contributed by atoms with Gasteiger partial charge in [0.15, 0.2) is 0 Å². The Hall–Kier alpha value is -0.880. The van der Waals surface area contributed by atoms with Crippen molar-refractivity contribution in [2.45, 2.75) is 13.7 Å². The molecule has 1 rings (SSSR count). The van der Waals surface area contributed by atoms with Gasteiger partial charge in [-0.25, -0.2) is 9.36 Å². The Morgan fingerprint density at radius 3 is 2.46 bits per heavy atom. The van der Waals surface area contributed by atoms with Crippen molar-refractivity contribution in [2.24, 2.45) is 7.05 Å². The van der Waals surface area contributed by atoms with E-state index >= 15 is 0 Å². The number of hydrogen-bond donors (Lipinski definition) is 1. The standard InChI is InChI=1S/C7H9BrN2O3/c1-4-5(8)9(2)7(13)10(3-11)6(4)12/h11H,3H2,1-2H3. The topological polar surface area (TPSA) is 64.2 Å². The lowest BCUT2D eigenvalue weighted by Crippen LogP contribution is -2.40. The minimum atomic E-state index is -0.598. The van der Waals surface area contributed by atoms with Crippen LogP contribution in [0, 0.1) is 6.92 Å². The third kappa shape index (κ3) is 1.47. The van der Waals surface area contributed by atoms with Gasteiger partial charge in [-0.1, -0.05) is 0 Å². The molecule has 0 atom stereocenters. The molecule has 13 heavy (non-hydrogen) atoms. The molecule has 0 aliphatic heterocycles. The number of aliphatic hydroxyl groups is 1. The first-order valence-electron chi connectivity index (χ1n) is 3.57. The highest BCUT2D eigenvalue weighted by molar-refractivity contribution is 9.10. The highest BCUT2D eigenvalue weighted by atomic mass is 79.9. The van der Waals surface area contributed by atoms with E-state index in [2.05, 4.69) is 15.9 Å². The highest BCUT2D eigenvalue weighted by Crippen LogP contribution is 2.07. The second-order valence-electron chi connectivity index (χ2n) is 2.63. The van der Waals surface area contributed by atoms with Gasteiger partial charge in [-0.3, -0.25) is 9.36 Å². The third-order valence-electron chi connectivity index (χ3n) is 1.83. The molecule has 0 bridgehead atoms. The maximum atomic E-state index is 11.4. The summed E-state index contributed by atoms with van der Waals surface area (Å²) in [6.07, 6.45) is 0. The summed E-state index contributed by atoms with van der Waals surface area (Å²) in [5.41, 5.74) is -0.612. The van der Waals surface area contributed by atoms with E-state index in [1.54, 1.807) is 6.92 Å². The number of aliphatic hydroxyl groups excluding tert-OH is 1. The van der Waals surface area contributed by atoms with Crippen molar-refractivity contribution in [3.05, 3.63) is 31.0 Å². The molecule has 0 saturated carbocycles. The summed E-state index contributed by atoms with van der Waals surface area (Å²) in [7, 11) is 1.52. The largest absolute Gasteiger partial charge is 0.376 e. The molecule has 0 spiro atoms. The summed E-state index contributed by atoms with van der Waals surface area (Å²) in [6, 6.07) is 0. The zero-order valence-corrected chi connectivity index (χ0v) is 8.83. The van der Waals surface area contributed by atoms with Crippen LogP contribution in [0.2, 0.25) is 0 Å². The van der Waals surface area contributed by atoms with E-state index in [1.807, 2.05) is 0 Å². The summed E-state index contributed by atoms with van der Waals surface area (Å²) >= 11 is 3.11. The fourth-order valence-corrected chi connectivity index (χ4v) is 1.34. The lowest BCUT2D eigenvalue weighted by Gasteiger charge is -2.08. The van der Waals surface area contributed by atoms with Crippen molar-refractivity contribution >= 4 is 15.9 Å². The van der Waals surface area contributed by atoms with Gasteiger partial charge >= 0.3 is 5.69 Å². The van der Waals surface area contributed by atoms with Crippen LogP contribution in [0.5, 0.6) is 0 Å². The van der Waals surface area contributed by atoms with Crippen LogP contribution in [0.1, 0.15) is 5.56 Å². The van der Waals surface area contributed by atoms with Crippen molar-refractivity contribution in [3.8, 4) is 0 Å². The molecular formula is C7H9BrN2O3. The Morgan fingerprint density at radius 1 is 1.46 bits per heavy atom. The monoisotopic (exact) mass is 248 g/mol. The van der Waals surface area contributed by atoms with Gasteiger partial charge < -0.3 is 5.11 Å². The number of aromatic nitrogens is 2. The summed E-state index contributed by atoms with van der Waals surface area (Å²) in [4.78, 5) is 22.7. The van der Waals surface area contributed by atoms with Crippen LogP contribution in [0.4, 0.5) is 0 Å². The van der Waals surface area contributed by atoms with Gasteiger partial charge in [-0.05, 0) is 22.9 Å². The number of rotatable bonds is 1. The predicted molar refractivity (Wildman–Crippen MR) is 50.6 cm³/mol. The average molecular weight is 249 g/mol. The van der Waals surface area contributed by atoms with Gasteiger partial charge in [0.25, 0.3) is 5.56 Å². The summed E-state index contributed by atoms with van der Waals surface area (Å²) in [5.74, 6) is 0. The van der Waals surface area contributed by atoms with Crippen LogP contribution < -0.4 is 11.2 Å². The summed E-state index contributed by atoms with van der Waals surface area (Å²) < 4.78 is 2.46.